The standard InChI is InChI=1S/C22H19N3O3S/c1-14(28-19-9-5-7-15-6-3-4-8-18(15)19)20(26)23-22-25-24-21(29-22)16-10-12-17(27-2)13-11-16/h3-14H,1-2H3,(H,23,25,26)/t14-/m0/s1. The molecule has 1 atom stereocenters. The molecule has 1 amide bonds. The molecule has 0 radical (unpaired) electrons. The summed E-state index contributed by atoms with van der Waals surface area (Å²) >= 11 is 1.30. The molecule has 1 N–H and O–H groups in total. The normalized spacial score (nSPS) is 11.8. The third-order valence-corrected chi connectivity index (χ3v) is 5.30. The molecule has 1 heterocycles. The molecule has 29 heavy (non-hydrogen) atoms. The number of benzene rings is 3. The first-order chi connectivity index (χ1) is 14.1. The zero-order valence-electron chi connectivity index (χ0n) is 16.0. The highest BCUT2D eigenvalue weighted by atomic mass is 32.1. The van der Waals surface area contributed by atoms with Gasteiger partial charge in [-0.05, 0) is 42.6 Å². The SMILES string of the molecule is COc1ccc(-c2nnc(NC(=O)[C@H](C)Oc3cccc4ccccc34)s2)cc1. The van der Waals surface area contributed by atoms with Crippen LogP contribution in [0, 0.1) is 0 Å². The lowest BCUT2D eigenvalue weighted by molar-refractivity contribution is -0.122. The van der Waals surface area contributed by atoms with Crippen molar-refractivity contribution in [1.29, 1.82) is 0 Å². The highest BCUT2D eigenvalue weighted by Crippen LogP contribution is 2.29. The molecule has 0 bridgehead atoms. The monoisotopic (exact) mass is 405 g/mol. The van der Waals surface area contributed by atoms with Gasteiger partial charge in [-0.1, -0.05) is 47.7 Å². The number of aromatic nitrogens is 2. The van der Waals surface area contributed by atoms with Crippen molar-refractivity contribution in [1.82, 2.24) is 10.2 Å². The minimum atomic E-state index is -0.686. The van der Waals surface area contributed by atoms with Gasteiger partial charge in [0, 0.05) is 10.9 Å². The van der Waals surface area contributed by atoms with E-state index in [1.807, 2.05) is 66.7 Å². The van der Waals surface area contributed by atoms with Crippen LogP contribution >= 0.6 is 11.3 Å². The van der Waals surface area contributed by atoms with E-state index in [1.165, 1.54) is 11.3 Å². The van der Waals surface area contributed by atoms with Crippen molar-refractivity contribution in [3.63, 3.8) is 0 Å². The van der Waals surface area contributed by atoms with Gasteiger partial charge in [0.15, 0.2) is 6.10 Å². The van der Waals surface area contributed by atoms with Crippen LogP contribution in [0.2, 0.25) is 0 Å². The third kappa shape index (κ3) is 4.20. The molecular weight excluding hydrogens is 386 g/mol. The fourth-order valence-corrected chi connectivity index (χ4v) is 3.63. The number of nitrogens with zero attached hydrogens (tertiary/aromatic N) is 2. The minimum absolute atomic E-state index is 0.282. The zero-order chi connectivity index (χ0) is 20.2. The van der Waals surface area contributed by atoms with Gasteiger partial charge in [-0.3, -0.25) is 10.1 Å². The second kappa shape index (κ2) is 8.28. The van der Waals surface area contributed by atoms with Gasteiger partial charge in [-0.15, -0.1) is 10.2 Å². The van der Waals surface area contributed by atoms with Crippen molar-refractivity contribution < 1.29 is 14.3 Å². The average molecular weight is 405 g/mol. The highest BCUT2D eigenvalue weighted by molar-refractivity contribution is 7.18. The number of anilines is 1. The largest absolute Gasteiger partial charge is 0.497 e. The van der Waals surface area contributed by atoms with E-state index in [0.717, 1.165) is 22.1 Å². The predicted octanol–water partition coefficient (Wildman–Crippen LogP) is 4.77. The first-order valence-corrected chi connectivity index (χ1v) is 9.89. The van der Waals surface area contributed by atoms with Crippen LogP contribution in [0.5, 0.6) is 11.5 Å². The summed E-state index contributed by atoms with van der Waals surface area (Å²) < 4.78 is 11.1. The fourth-order valence-electron chi connectivity index (χ4n) is 2.87. The highest BCUT2D eigenvalue weighted by Gasteiger charge is 2.18. The molecule has 6 nitrogen and oxygen atoms in total. The van der Waals surface area contributed by atoms with Crippen molar-refractivity contribution in [2.24, 2.45) is 0 Å². The van der Waals surface area contributed by atoms with Crippen LogP contribution in [0.4, 0.5) is 5.13 Å². The molecule has 0 saturated heterocycles. The summed E-state index contributed by atoms with van der Waals surface area (Å²) in [6, 6.07) is 21.2. The Hall–Kier alpha value is -3.45. The predicted molar refractivity (Wildman–Crippen MR) is 115 cm³/mol. The lowest BCUT2D eigenvalue weighted by atomic mass is 10.1. The molecule has 7 heteroatoms. The van der Waals surface area contributed by atoms with Gasteiger partial charge in [-0.2, -0.15) is 0 Å². The maximum Gasteiger partial charge on any atom is 0.266 e. The number of amides is 1. The van der Waals surface area contributed by atoms with Crippen LogP contribution in [-0.2, 0) is 4.79 Å². The molecule has 0 spiro atoms. The second-order valence-electron chi connectivity index (χ2n) is 6.37. The Bertz CT molecular complexity index is 1140. The summed E-state index contributed by atoms with van der Waals surface area (Å²) in [6.07, 6.45) is -0.686. The molecule has 1 aromatic heterocycles. The van der Waals surface area contributed by atoms with E-state index in [2.05, 4.69) is 15.5 Å². The van der Waals surface area contributed by atoms with Crippen molar-refractivity contribution in [3.8, 4) is 22.1 Å². The number of ether oxygens (including phenoxy) is 2. The zero-order valence-corrected chi connectivity index (χ0v) is 16.8. The molecule has 0 aliphatic heterocycles. The van der Waals surface area contributed by atoms with Crippen LogP contribution in [-0.4, -0.2) is 29.3 Å². The van der Waals surface area contributed by atoms with Crippen molar-refractivity contribution >= 4 is 33.1 Å². The molecule has 4 aromatic rings. The number of fused-ring (bicyclic) bond motifs is 1. The van der Waals surface area contributed by atoms with E-state index in [9.17, 15) is 4.79 Å². The molecule has 0 unspecified atom stereocenters. The van der Waals surface area contributed by atoms with E-state index >= 15 is 0 Å². The summed E-state index contributed by atoms with van der Waals surface area (Å²) in [7, 11) is 1.62. The van der Waals surface area contributed by atoms with Crippen LogP contribution in [0.3, 0.4) is 0 Å². The summed E-state index contributed by atoms with van der Waals surface area (Å²) in [5.74, 6) is 1.16. The first kappa shape index (κ1) is 18.9. The van der Waals surface area contributed by atoms with E-state index < -0.39 is 6.10 Å². The van der Waals surface area contributed by atoms with Crippen molar-refractivity contribution in [2.45, 2.75) is 13.0 Å². The van der Waals surface area contributed by atoms with Crippen LogP contribution < -0.4 is 14.8 Å². The Morgan fingerprint density at radius 2 is 1.76 bits per heavy atom. The van der Waals surface area contributed by atoms with Gasteiger partial charge in [0.25, 0.3) is 5.91 Å². The van der Waals surface area contributed by atoms with Crippen LogP contribution in [0.15, 0.2) is 66.7 Å². The molecule has 0 saturated carbocycles. The van der Waals surface area contributed by atoms with E-state index in [0.29, 0.717) is 15.9 Å². The third-order valence-electron chi connectivity index (χ3n) is 4.41. The second-order valence-corrected chi connectivity index (χ2v) is 7.35. The Morgan fingerprint density at radius 1 is 1.00 bits per heavy atom. The maximum absolute atomic E-state index is 12.6. The minimum Gasteiger partial charge on any atom is -0.497 e. The van der Waals surface area contributed by atoms with E-state index in [4.69, 9.17) is 9.47 Å². The number of hydrogen-bond acceptors (Lipinski definition) is 6. The Kier molecular flexibility index (Phi) is 5.39. The van der Waals surface area contributed by atoms with Gasteiger partial charge in [0.05, 0.1) is 7.11 Å². The number of carbonyl (C=O) groups is 1. The van der Waals surface area contributed by atoms with Gasteiger partial charge in [-0.25, -0.2) is 0 Å². The number of methoxy groups -OCH3 is 1. The molecule has 4 rings (SSSR count). The molecule has 0 fully saturated rings. The Balaban J connectivity index is 1.44. The molecule has 3 aromatic carbocycles. The molecule has 146 valence electrons. The van der Waals surface area contributed by atoms with Gasteiger partial charge >= 0.3 is 0 Å². The number of rotatable bonds is 6. The quantitative estimate of drug-likeness (QED) is 0.500. The number of hydrogen-bond donors (Lipinski definition) is 1. The molecule has 0 aliphatic carbocycles. The lowest BCUT2D eigenvalue weighted by Crippen LogP contribution is -2.30. The van der Waals surface area contributed by atoms with Crippen LogP contribution in [0.1, 0.15) is 6.92 Å². The van der Waals surface area contributed by atoms with Crippen molar-refractivity contribution in [3.05, 3.63) is 66.7 Å². The summed E-state index contributed by atoms with van der Waals surface area (Å²) in [5.41, 5.74) is 0.906. The molecule has 0 aliphatic rings. The Morgan fingerprint density at radius 3 is 2.55 bits per heavy atom. The summed E-state index contributed by atoms with van der Waals surface area (Å²) in [6.45, 7) is 1.71. The lowest BCUT2D eigenvalue weighted by Gasteiger charge is -2.15. The van der Waals surface area contributed by atoms with Crippen LogP contribution in [0.25, 0.3) is 21.3 Å². The van der Waals surface area contributed by atoms with E-state index in [-0.39, 0.29) is 5.91 Å². The summed E-state index contributed by atoms with van der Waals surface area (Å²) in [5, 5.41) is 14.2. The van der Waals surface area contributed by atoms with Gasteiger partial charge < -0.3 is 9.47 Å². The average Bonchev–Trinajstić information content (AvgIpc) is 3.22. The smallest absolute Gasteiger partial charge is 0.266 e. The summed E-state index contributed by atoms with van der Waals surface area (Å²) in [4.78, 5) is 12.6. The number of nitrogens with one attached hydrogen (secondary N) is 1. The van der Waals surface area contributed by atoms with Gasteiger partial charge in [0.1, 0.15) is 16.5 Å². The number of carbonyl (C=O) groups excluding carboxylic acids is 1. The van der Waals surface area contributed by atoms with E-state index in [1.54, 1.807) is 14.0 Å². The van der Waals surface area contributed by atoms with Crippen molar-refractivity contribution in [2.75, 3.05) is 12.4 Å². The first-order valence-electron chi connectivity index (χ1n) is 9.07. The van der Waals surface area contributed by atoms with Gasteiger partial charge in [0.2, 0.25) is 5.13 Å². The Labute approximate surface area is 172 Å². The fraction of sp³-hybridized carbons (Fsp3) is 0.136. The molecular formula is C22H19N3O3S. The maximum atomic E-state index is 12.6. The topological polar surface area (TPSA) is 73.3 Å².